The van der Waals surface area contributed by atoms with Gasteiger partial charge in [0.15, 0.2) is 0 Å². The van der Waals surface area contributed by atoms with Crippen LogP contribution in [0.1, 0.15) is 12.0 Å². The number of anilines is 1. The van der Waals surface area contributed by atoms with Gasteiger partial charge in [-0.25, -0.2) is 0 Å². The van der Waals surface area contributed by atoms with Crippen molar-refractivity contribution in [1.29, 1.82) is 0 Å². The van der Waals surface area contributed by atoms with E-state index in [4.69, 9.17) is 11.6 Å². The number of carbonyl (C=O) groups is 1. The molecule has 0 aliphatic rings. The molecule has 3 nitrogen and oxygen atoms in total. The molecule has 0 saturated carbocycles. The summed E-state index contributed by atoms with van der Waals surface area (Å²) in [5, 5.41) is 4.58. The highest BCUT2D eigenvalue weighted by Crippen LogP contribution is 2.18. The number of pyridine rings is 1. The lowest BCUT2D eigenvalue weighted by Gasteiger charge is -2.07. The van der Waals surface area contributed by atoms with Gasteiger partial charge >= 0.3 is 0 Å². The van der Waals surface area contributed by atoms with Gasteiger partial charge in [-0.2, -0.15) is 0 Å². The minimum atomic E-state index is -0.0444. The molecule has 0 radical (unpaired) electrons. The number of hydrogen-bond donors (Lipinski definition) is 1. The van der Waals surface area contributed by atoms with E-state index in [1.807, 2.05) is 54.6 Å². The van der Waals surface area contributed by atoms with E-state index in [2.05, 4.69) is 10.3 Å². The van der Waals surface area contributed by atoms with Crippen molar-refractivity contribution in [3.8, 4) is 0 Å². The number of rotatable bonds is 4. The van der Waals surface area contributed by atoms with Gasteiger partial charge in [0.1, 0.15) is 0 Å². The highest BCUT2D eigenvalue weighted by Gasteiger charge is 2.06. The monoisotopic (exact) mass is 310 g/mol. The zero-order valence-electron chi connectivity index (χ0n) is 11.9. The summed E-state index contributed by atoms with van der Waals surface area (Å²) < 4.78 is 0. The Bertz CT molecular complexity index is 817. The van der Waals surface area contributed by atoms with Crippen molar-refractivity contribution >= 4 is 34.1 Å². The number of nitrogens with one attached hydrogen (secondary N) is 1. The van der Waals surface area contributed by atoms with Crippen LogP contribution in [0, 0.1) is 0 Å². The summed E-state index contributed by atoms with van der Waals surface area (Å²) in [4.78, 5) is 16.4. The van der Waals surface area contributed by atoms with Gasteiger partial charge in [-0.3, -0.25) is 9.78 Å². The molecule has 4 heteroatoms. The molecule has 0 bridgehead atoms. The molecule has 22 heavy (non-hydrogen) atoms. The van der Waals surface area contributed by atoms with Crippen molar-refractivity contribution in [3.63, 3.8) is 0 Å². The fourth-order valence-corrected chi connectivity index (χ4v) is 2.54. The van der Waals surface area contributed by atoms with E-state index in [9.17, 15) is 4.79 Å². The van der Waals surface area contributed by atoms with Gasteiger partial charge in [0.05, 0.1) is 17.4 Å². The molecule has 2 aromatic carbocycles. The molecule has 3 aromatic rings. The van der Waals surface area contributed by atoms with Crippen molar-refractivity contribution in [2.24, 2.45) is 0 Å². The van der Waals surface area contributed by atoms with E-state index in [1.165, 1.54) is 0 Å². The molecule has 0 aliphatic heterocycles. The number of aromatic nitrogens is 1. The molecule has 0 saturated heterocycles. The van der Waals surface area contributed by atoms with Crippen LogP contribution < -0.4 is 5.32 Å². The van der Waals surface area contributed by atoms with Gasteiger partial charge in [0.2, 0.25) is 5.91 Å². The first-order chi connectivity index (χ1) is 10.7. The number of para-hydroxylation sites is 1. The molecule has 0 unspecified atom stereocenters. The molecule has 0 fully saturated rings. The van der Waals surface area contributed by atoms with E-state index >= 15 is 0 Å². The van der Waals surface area contributed by atoms with Crippen molar-refractivity contribution < 1.29 is 4.79 Å². The minimum absolute atomic E-state index is 0.0444. The van der Waals surface area contributed by atoms with Gasteiger partial charge < -0.3 is 5.32 Å². The number of aryl methyl sites for hydroxylation is 1. The molecule has 0 spiro atoms. The first-order valence-corrected chi connectivity index (χ1v) is 7.48. The summed E-state index contributed by atoms with van der Waals surface area (Å²) in [6.45, 7) is 0. The number of halogens is 1. The second-order valence-electron chi connectivity index (χ2n) is 5.06. The number of hydrogen-bond acceptors (Lipinski definition) is 2. The largest absolute Gasteiger partial charge is 0.325 e. The lowest BCUT2D eigenvalue weighted by Crippen LogP contribution is -2.12. The van der Waals surface area contributed by atoms with E-state index in [0.717, 1.165) is 16.5 Å². The summed E-state index contributed by atoms with van der Waals surface area (Å²) in [5.74, 6) is -0.0444. The smallest absolute Gasteiger partial charge is 0.224 e. The topological polar surface area (TPSA) is 42.0 Å². The summed E-state index contributed by atoms with van der Waals surface area (Å²) in [6, 6.07) is 17.3. The molecular formula is C18H15ClN2O. The Morgan fingerprint density at radius 1 is 1.09 bits per heavy atom. The Hall–Kier alpha value is -2.39. The summed E-state index contributed by atoms with van der Waals surface area (Å²) >= 11 is 6.09. The van der Waals surface area contributed by atoms with Crippen LogP contribution in [0.2, 0.25) is 5.02 Å². The van der Waals surface area contributed by atoms with Crippen molar-refractivity contribution in [1.82, 2.24) is 4.98 Å². The second-order valence-corrected chi connectivity index (χ2v) is 5.46. The van der Waals surface area contributed by atoms with Crippen LogP contribution in [-0.4, -0.2) is 10.9 Å². The fraction of sp³-hybridized carbons (Fsp3) is 0.111. The zero-order valence-corrected chi connectivity index (χ0v) is 12.7. The maximum Gasteiger partial charge on any atom is 0.224 e. The third-order valence-electron chi connectivity index (χ3n) is 3.45. The normalized spacial score (nSPS) is 10.6. The summed E-state index contributed by atoms with van der Waals surface area (Å²) in [6.07, 6.45) is 2.68. The maximum atomic E-state index is 12.1. The summed E-state index contributed by atoms with van der Waals surface area (Å²) in [5.41, 5.74) is 2.61. The number of amides is 1. The lowest BCUT2D eigenvalue weighted by atomic mass is 10.1. The molecule has 1 aromatic heterocycles. The van der Waals surface area contributed by atoms with Gasteiger partial charge in [0.25, 0.3) is 0 Å². The Morgan fingerprint density at radius 2 is 1.86 bits per heavy atom. The van der Waals surface area contributed by atoms with Gasteiger partial charge in [0, 0.05) is 16.8 Å². The van der Waals surface area contributed by atoms with Crippen molar-refractivity contribution in [3.05, 3.63) is 71.4 Å². The molecule has 1 amide bonds. The first-order valence-electron chi connectivity index (χ1n) is 7.10. The number of carbonyl (C=O) groups excluding carboxylic acids is 1. The molecular weight excluding hydrogens is 296 g/mol. The quantitative estimate of drug-likeness (QED) is 0.773. The zero-order chi connectivity index (χ0) is 15.4. The summed E-state index contributed by atoms with van der Waals surface area (Å²) in [7, 11) is 0. The van der Waals surface area contributed by atoms with Crippen LogP contribution in [0.5, 0.6) is 0 Å². The van der Waals surface area contributed by atoms with Crippen LogP contribution in [0.15, 0.2) is 60.8 Å². The van der Waals surface area contributed by atoms with Crippen LogP contribution in [0.25, 0.3) is 10.9 Å². The van der Waals surface area contributed by atoms with E-state index in [1.54, 1.807) is 6.20 Å². The Balaban J connectivity index is 1.64. The molecule has 0 aliphatic carbocycles. The van der Waals surface area contributed by atoms with E-state index < -0.39 is 0 Å². The predicted octanol–water partition coefficient (Wildman–Crippen LogP) is 4.46. The fourth-order valence-electron chi connectivity index (χ4n) is 2.31. The van der Waals surface area contributed by atoms with E-state index in [-0.39, 0.29) is 5.91 Å². The third-order valence-corrected chi connectivity index (χ3v) is 3.82. The highest BCUT2D eigenvalue weighted by molar-refractivity contribution is 6.31. The van der Waals surface area contributed by atoms with Crippen LogP contribution in [-0.2, 0) is 11.2 Å². The van der Waals surface area contributed by atoms with Gasteiger partial charge in [-0.15, -0.1) is 0 Å². The standard InChI is InChI=1S/C18H15ClN2O/c19-16-7-3-1-5-13(16)9-10-18(22)21-15-11-14-6-2-4-8-17(14)20-12-15/h1-8,11-12H,9-10H2,(H,21,22). The third kappa shape index (κ3) is 3.43. The lowest BCUT2D eigenvalue weighted by molar-refractivity contribution is -0.116. The molecule has 1 N–H and O–H groups in total. The Kier molecular flexibility index (Phi) is 4.35. The Morgan fingerprint density at radius 3 is 2.73 bits per heavy atom. The molecule has 1 heterocycles. The van der Waals surface area contributed by atoms with E-state index in [0.29, 0.717) is 23.6 Å². The van der Waals surface area contributed by atoms with Crippen molar-refractivity contribution in [2.45, 2.75) is 12.8 Å². The predicted molar refractivity (Wildman–Crippen MR) is 90.1 cm³/mol. The highest BCUT2D eigenvalue weighted by atomic mass is 35.5. The van der Waals surface area contributed by atoms with Crippen molar-refractivity contribution in [2.75, 3.05) is 5.32 Å². The van der Waals surface area contributed by atoms with Gasteiger partial charge in [-0.1, -0.05) is 48.0 Å². The van der Waals surface area contributed by atoms with Crippen LogP contribution in [0.3, 0.4) is 0 Å². The van der Waals surface area contributed by atoms with Gasteiger partial charge in [-0.05, 0) is 30.2 Å². The minimum Gasteiger partial charge on any atom is -0.325 e. The number of fused-ring (bicyclic) bond motifs is 1. The molecule has 110 valence electrons. The molecule has 3 rings (SSSR count). The average molecular weight is 311 g/mol. The first kappa shape index (κ1) is 14.5. The van der Waals surface area contributed by atoms with Crippen LogP contribution >= 0.6 is 11.6 Å². The SMILES string of the molecule is O=C(CCc1ccccc1Cl)Nc1cnc2ccccc2c1. The number of benzene rings is 2. The Labute approximate surface area is 133 Å². The molecule has 0 atom stereocenters. The second kappa shape index (κ2) is 6.58. The maximum absolute atomic E-state index is 12.1. The van der Waals surface area contributed by atoms with Crippen LogP contribution in [0.4, 0.5) is 5.69 Å². The number of nitrogens with zero attached hydrogens (tertiary/aromatic N) is 1. The average Bonchev–Trinajstić information content (AvgIpc) is 2.54.